The highest BCUT2D eigenvalue weighted by atomic mass is 32.2. The van der Waals surface area contributed by atoms with Gasteiger partial charge in [-0.3, -0.25) is 4.18 Å². The first-order valence-corrected chi connectivity index (χ1v) is 14.0. The molecule has 0 radical (unpaired) electrons. The SMILES string of the molecule is Cc1ccc(S(=O)(=O)OCCC(C)CCC[C@H](C)CCC[C@H](C)CCCC(C)C)cc1. The molecule has 0 N–H and O–H groups in total. The molecule has 1 aromatic carbocycles. The van der Waals surface area contributed by atoms with E-state index >= 15 is 0 Å². The fourth-order valence-corrected chi connectivity index (χ4v) is 4.99. The zero-order valence-corrected chi connectivity index (χ0v) is 21.8. The first-order valence-electron chi connectivity index (χ1n) is 12.6. The summed E-state index contributed by atoms with van der Waals surface area (Å²) in [5, 5.41) is 0. The molecule has 1 rings (SSSR count). The van der Waals surface area contributed by atoms with Crippen molar-refractivity contribution in [3.8, 4) is 0 Å². The standard InChI is InChI=1S/C27H48O3S/c1-22(2)10-7-11-23(3)12-8-13-24(4)14-9-15-25(5)20-21-30-31(28,29)27-18-16-26(6)17-19-27/h16-19,22-25H,7-15,20-21H2,1-6H3/t23-,24-,25?/m1/s1. The highest BCUT2D eigenvalue weighted by Crippen LogP contribution is 2.23. The molecular formula is C27H48O3S. The van der Waals surface area contributed by atoms with Crippen molar-refractivity contribution < 1.29 is 12.6 Å². The van der Waals surface area contributed by atoms with Crippen LogP contribution in [0.5, 0.6) is 0 Å². The van der Waals surface area contributed by atoms with Crippen LogP contribution in [0.15, 0.2) is 29.2 Å². The van der Waals surface area contributed by atoms with Crippen LogP contribution in [0.2, 0.25) is 0 Å². The van der Waals surface area contributed by atoms with Gasteiger partial charge in [-0.05, 0) is 49.1 Å². The monoisotopic (exact) mass is 452 g/mol. The number of benzene rings is 1. The second-order valence-electron chi connectivity index (χ2n) is 10.4. The Hall–Kier alpha value is -0.870. The molecule has 180 valence electrons. The first kappa shape index (κ1) is 28.2. The molecule has 4 heteroatoms. The minimum absolute atomic E-state index is 0.244. The van der Waals surface area contributed by atoms with E-state index in [0.29, 0.717) is 5.92 Å². The van der Waals surface area contributed by atoms with Crippen molar-refractivity contribution in [2.45, 2.75) is 111 Å². The Bertz CT molecular complexity index is 679. The van der Waals surface area contributed by atoms with Crippen LogP contribution in [0, 0.1) is 30.6 Å². The maximum Gasteiger partial charge on any atom is 0.296 e. The average Bonchev–Trinajstić information content (AvgIpc) is 2.68. The molecule has 1 unspecified atom stereocenters. The van der Waals surface area contributed by atoms with E-state index in [1.54, 1.807) is 24.3 Å². The second-order valence-corrected chi connectivity index (χ2v) is 12.0. The van der Waals surface area contributed by atoms with Gasteiger partial charge in [0.1, 0.15) is 0 Å². The quantitative estimate of drug-likeness (QED) is 0.224. The third-order valence-electron chi connectivity index (χ3n) is 6.42. The van der Waals surface area contributed by atoms with Gasteiger partial charge in [0.2, 0.25) is 0 Å². The molecule has 0 bridgehead atoms. The summed E-state index contributed by atoms with van der Waals surface area (Å²) in [6, 6.07) is 6.82. The smallest absolute Gasteiger partial charge is 0.266 e. The van der Waals surface area contributed by atoms with E-state index in [1.165, 1.54) is 51.4 Å². The molecule has 0 aliphatic rings. The van der Waals surface area contributed by atoms with Crippen molar-refractivity contribution in [2.24, 2.45) is 23.7 Å². The number of rotatable bonds is 17. The Morgan fingerprint density at radius 2 is 1.10 bits per heavy atom. The van der Waals surface area contributed by atoms with Crippen LogP contribution < -0.4 is 0 Å². The molecule has 0 spiro atoms. The van der Waals surface area contributed by atoms with E-state index < -0.39 is 10.1 Å². The Morgan fingerprint density at radius 1 is 0.677 bits per heavy atom. The van der Waals surface area contributed by atoms with Crippen molar-refractivity contribution in [3.63, 3.8) is 0 Å². The van der Waals surface area contributed by atoms with Crippen LogP contribution in [0.4, 0.5) is 0 Å². The van der Waals surface area contributed by atoms with E-state index in [1.807, 2.05) is 6.92 Å². The molecule has 0 saturated heterocycles. The lowest BCUT2D eigenvalue weighted by Crippen LogP contribution is -2.10. The first-order chi connectivity index (χ1) is 14.6. The highest BCUT2D eigenvalue weighted by Gasteiger charge is 2.15. The number of hydrogen-bond donors (Lipinski definition) is 0. The minimum Gasteiger partial charge on any atom is -0.266 e. The molecule has 0 heterocycles. The Kier molecular flexibility index (Phi) is 13.7. The molecule has 0 saturated carbocycles. The molecule has 0 amide bonds. The average molecular weight is 453 g/mol. The fraction of sp³-hybridized carbons (Fsp3) is 0.778. The lowest BCUT2D eigenvalue weighted by atomic mass is 9.91. The van der Waals surface area contributed by atoms with E-state index in [-0.39, 0.29) is 11.5 Å². The molecule has 3 atom stereocenters. The van der Waals surface area contributed by atoms with E-state index in [0.717, 1.165) is 36.2 Å². The maximum absolute atomic E-state index is 12.2. The van der Waals surface area contributed by atoms with Gasteiger partial charge >= 0.3 is 0 Å². The number of aryl methyl sites for hydroxylation is 1. The molecule has 0 aliphatic carbocycles. The summed E-state index contributed by atoms with van der Waals surface area (Å²) >= 11 is 0. The maximum atomic E-state index is 12.2. The Morgan fingerprint density at radius 3 is 1.55 bits per heavy atom. The minimum atomic E-state index is -3.63. The van der Waals surface area contributed by atoms with Crippen LogP contribution in [-0.4, -0.2) is 15.0 Å². The molecular weight excluding hydrogens is 404 g/mol. The van der Waals surface area contributed by atoms with Crippen LogP contribution >= 0.6 is 0 Å². The van der Waals surface area contributed by atoms with Gasteiger partial charge in [0.25, 0.3) is 10.1 Å². The van der Waals surface area contributed by atoms with Gasteiger partial charge < -0.3 is 0 Å². The van der Waals surface area contributed by atoms with Gasteiger partial charge in [0, 0.05) is 0 Å². The van der Waals surface area contributed by atoms with Gasteiger partial charge in [-0.1, -0.05) is 110 Å². The fourth-order valence-electron chi connectivity index (χ4n) is 4.07. The zero-order chi connectivity index (χ0) is 23.3. The zero-order valence-electron chi connectivity index (χ0n) is 21.0. The van der Waals surface area contributed by atoms with Crippen LogP contribution in [-0.2, 0) is 14.3 Å². The van der Waals surface area contributed by atoms with Crippen molar-refractivity contribution >= 4 is 10.1 Å². The Balaban J connectivity index is 2.11. The lowest BCUT2D eigenvalue weighted by molar-refractivity contribution is 0.278. The third-order valence-corrected chi connectivity index (χ3v) is 7.75. The van der Waals surface area contributed by atoms with Gasteiger partial charge in [-0.25, -0.2) is 0 Å². The summed E-state index contributed by atoms with van der Waals surface area (Å²) in [6.07, 6.45) is 12.6. The summed E-state index contributed by atoms with van der Waals surface area (Å²) in [4.78, 5) is 0.244. The molecule has 3 nitrogen and oxygen atoms in total. The van der Waals surface area contributed by atoms with Gasteiger partial charge in [-0.15, -0.1) is 0 Å². The van der Waals surface area contributed by atoms with E-state index in [4.69, 9.17) is 4.18 Å². The van der Waals surface area contributed by atoms with Crippen LogP contribution in [0.1, 0.15) is 104 Å². The summed E-state index contributed by atoms with van der Waals surface area (Å²) in [5.41, 5.74) is 1.04. The lowest BCUT2D eigenvalue weighted by Gasteiger charge is -2.16. The van der Waals surface area contributed by atoms with E-state index in [2.05, 4.69) is 34.6 Å². The van der Waals surface area contributed by atoms with Crippen molar-refractivity contribution in [3.05, 3.63) is 29.8 Å². The number of hydrogen-bond acceptors (Lipinski definition) is 3. The van der Waals surface area contributed by atoms with Crippen molar-refractivity contribution in [1.29, 1.82) is 0 Å². The van der Waals surface area contributed by atoms with Gasteiger partial charge in [0.15, 0.2) is 0 Å². The van der Waals surface area contributed by atoms with Crippen LogP contribution in [0.25, 0.3) is 0 Å². The summed E-state index contributed by atoms with van der Waals surface area (Å²) in [5.74, 6) is 2.97. The molecule has 0 aromatic heterocycles. The van der Waals surface area contributed by atoms with Gasteiger partial charge in [-0.2, -0.15) is 8.42 Å². The molecule has 31 heavy (non-hydrogen) atoms. The molecule has 0 fully saturated rings. The Labute approximate surface area is 193 Å². The molecule has 1 aromatic rings. The topological polar surface area (TPSA) is 43.4 Å². The molecule has 0 aliphatic heterocycles. The summed E-state index contributed by atoms with van der Waals surface area (Å²) in [7, 11) is -3.63. The highest BCUT2D eigenvalue weighted by molar-refractivity contribution is 7.86. The second kappa shape index (κ2) is 15.1. The largest absolute Gasteiger partial charge is 0.296 e. The summed E-state index contributed by atoms with van der Waals surface area (Å²) < 4.78 is 29.7. The summed E-state index contributed by atoms with van der Waals surface area (Å²) in [6.45, 7) is 13.8. The normalized spacial score (nSPS) is 15.2. The van der Waals surface area contributed by atoms with Gasteiger partial charge in [0.05, 0.1) is 11.5 Å². The predicted molar refractivity (Wildman–Crippen MR) is 133 cm³/mol. The van der Waals surface area contributed by atoms with Crippen molar-refractivity contribution in [1.82, 2.24) is 0 Å². The van der Waals surface area contributed by atoms with Crippen LogP contribution in [0.3, 0.4) is 0 Å². The third kappa shape index (κ3) is 13.3. The predicted octanol–water partition coefficient (Wildman–Crippen LogP) is 8.17. The van der Waals surface area contributed by atoms with Crippen molar-refractivity contribution in [2.75, 3.05) is 6.61 Å². The van der Waals surface area contributed by atoms with E-state index in [9.17, 15) is 8.42 Å².